The number of hydrogen-bond donors (Lipinski definition) is 2. The second kappa shape index (κ2) is 7.08. The molecule has 0 aromatic heterocycles. The first-order valence-electron chi connectivity index (χ1n) is 6.66. The van der Waals surface area contributed by atoms with Crippen molar-refractivity contribution in [1.29, 1.82) is 0 Å². The molecule has 0 atom stereocenters. The highest BCUT2D eigenvalue weighted by Crippen LogP contribution is 2.24. The van der Waals surface area contributed by atoms with Crippen molar-refractivity contribution in [2.24, 2.45) is 5.10 Å². The van der Waals surface area contributed by atoms with Gasteiger partial charge in [-0.1, -0.05) is 11.6 Å². The van der Waals surface area contributed by atoms with Crippen molar-refractivity contribution in [1.82, 2.24) is 10.7 Å². The van der Waals surface area contributed by atoms with Gasteiger partial charge in [-0.25, -0.2) is 5.43 Å². The molecule has 7 heteroatoms. The molecule has 1 saturated carbocycles. The Hall–Kier alpha value is -2.08. The van der Waals surface area contributed by atoms with E-state index in [1.807, 2.05) is 6.92 Å². The van der Waals surface area contributed by atoms with Gasteiger partial charge in [-0.3, -0.25) is 9.59 Å². The second-order valence-corrected chi connectivity index (χ2v) is 4.98. The standard InChI is InChI=1S/C14H16ClN3O3/c1-2-21-12-6-3-9(7-11(12)15)8-16-18-14(20)13(19)17-10-4-5-10/h3,6-8,10H,2,4-5H2,1H3,(H,17,19)(H,18,20)/b16-8-. The highest BCUT2D eigenvalue weighted by molar-refractivity contribution is 6.35. The quantitative estimate of drug-likeness (QED) is 0.491. The topological polar surface area (TPSA) is 79.8 Å². The first-order chi connectivity index (χ1) is 10.1. The van der Waals surface area contributed by atoms with Crippen LogP contribution in [0.15, 0.2) is 23.3 Å². The zero-order valence-electron chi connectivity index (χ0n) is 11.6. The van der Waals surface area contributed by atoms with Crippen molar-refractivity contribution >= 4 is 29.6 Å². The second-order valence-electron chi connectivity index (χ2n) is 4.57. The lowest BCUT2D eigenvalue weighted by atomic mass is 10.2. The van der Waals surface area contributed by atoms with Gasteiger partial charge in [0.1, 0.15) is 5.75 Å². The molecular weight excluding hydrogens is 294 g/mol. The van der Waals surface area contributed by atoms with E-state index < -0.39 is 11.8 Å². The summed E-state index contributed by atoms with van der Waals surface area (Å²) >= 11 is 6.03. The fourth-order valence-corrected chi connectivity index (χ4v) is 1.81. The average molecular weight is 310 g/mol. The molecule has 0 unspecified atom stereocenters. The predicted molar refractivity (Wildman–Crippen MR) is 79.5 cm³/mol. The van der Waals surface area contributed by atoms with Gasteiger partial charge in [0.05, 0.1) is 17.8 Å². The highest BCUT2D eigenvalue weighted by atomic mass is 35.5. The normalized spacial score (nSPS) is 14.0. The molecule has 0 spiro atoms. The van der Waals surface area contributed by atoms with Crippen LogP contribution in [0.25, 0.3) is 0 Å². The third-order valence-corrected chi connectivity index (χ3v) is 3.05. The minimum atomic E-state index is -0.782. The largest absolute Gasteiger partial charge is 0.492 e. The number of ether oxygens (including phenoxy) is 1. The van der Waals surface area contributed by atoms with Crippen molar-refractivity contribution in [3.8, 4) is 5.75 Å². The van der Waals surface area contributed by atoms with Crippen molar-refractivity contribution in [2.75, 3.05) is 6.61 Å². The van der Waals surface area contributed by atoms with Crippen molar-refractivity contribution in [3.63, 3.8) is 0 Å². The number of halogens is 1. The van der Waals surface area contributed by atoms with Gasteiger partial charge in [-0.2, -0.15) is 5.10 Å². The number of amides is 2. The summed E-state index contributed by atoms with van der Waals surface area (Å²) < 4.78 is 5.31. The van der Waals surface area contributed by atoms with Crippen LogP contribution in [-0.2, 0) is 9.59 Å². The van der Waals surface area contributed by atoms with E-state index in [9.17, 15) is 9.59 Å². The Morgan fingerprint density at radius 2 is 2.19 bits per heavy atom. The zero-order valence-corrected chi connectivity index (χ0v) is 12.3. The zero-order chi connectivity index (χ0) is 15.2. The molecule has 112 valence electrons. The molecule has 2 N–H and O–H groups in total. The van der Waals surface area contributed by atoms with Gasteiger partial charge in [0.25, 0.3) is 0 Å². The molecule has 1 aromatic rings. The van der Waals surface area contributed by atoms with Gasteiger partial charge in [0, 0.05) is 6.04 Å². The van der Waals surface area contributed by atoms with Gasteiger partial charge in [0.2, 0.25) is 0 Å². The number of nitrogens with zero attached hydrogens (tertiary/aromatic N) is 1. The van der Waals surface area contributed by atoms with E-state index in [1.54, 1.807) is 18.2 Å². The van der Waals surface area contributed by atoms with Crippen LogP contribution < -0.4 is 15.5 Å². The summed E-state index contributed by atoms with van der Waals surface area (Å²) in [6.07, 6.45) is 3.25. The van der Waals surface area contributed by atoms with Gasteiger partial charge in [-0.05, 0) is 43.5 Å². The van der Waals surface area contributed by atoms with Gasteiger partial charge < -0.3 is 10.1 Å². The number of hydrazone groups is 1. The molecule has 2 rings (SSSR count). The maximum Gasteiger partial charge on any atom is 0.329 e. The minimum Gasteiger partial charge on any atom is -0.492 e. The molecule has 0 saturated heterocycles. The fourth-order valence-electron chi connectivity index (χ4n) is 1.56. The lowest BCUT2D eigenvalue weighted by Gasteiger charge is -2.05. The molecule has 6 nitrogen and oxygen atoms in total. The van der Waals surface area contributed by atoms with Gasteiger partial charge in [0.15, 0.2) is 0 Å². The number of nitrogens with one attached hydrogen (secondary N) is 2. The summed E-state index contributed by atoms with van der Waals surface area (Å²) in [7, 11) is 0. The number of benzene rings is 1. The Morgan fingerprint density at radius 3 is 2.81 bits per heavy atom. The minimum absolute atomic E-state index is 0.136. The third-order valence-electron chi connectivity index (χ3n) is 2.75. The van der Waals surface area contributed by atoms with Crippen molar-refractivity contribution in [2.45, 2.75) is 25.8 Å². The third kappa shape index (κ3) is 4.75. The Labute approximate surface area is 127 Å². The summed E-state index contributed by atoms with van der Waals surface area (Å²) in [5.41, 5.74) is 2.85. The molecule has 1 aliphatic rings. The molecule has 0 radical (unpaired) electrons. The summed E-state index contributed by atoms with van der Waals surface area (Å²) in [4.78, 5) is 22.8. The molecule has 1 fully saturated rings. The highest BCUT2D eigenvalue weighted by Gasteiger charge is 2.26. The van der Waals surface area contributed by atoms with Crippen LogP contribution in [0.1, 0.15) is 25.3 Å². The summed E-state index contributed by atoms with van der Waals surface area (Å²) in [5.74, 6) is -0.862. The van der Waals surface area contributed by atoms with Crippen molar-refractivity contribution < 1.29 is 14.3 Å². The molecule has 0 heterocycles. The number of carbonyl (C=O) groups is 2. The number of rotatable bonds is 5. The van der Waals surface area contributed by atoms with Crippen LogP contribution in [0.4, 0.5) is 0 Å². The van der Waals surface area contributed by atoms with E-state index in [-0.39, 0.29) is 6.04 Å². The molecule has 21 heavy (non-hydrogen) atoms. The number of carbonyl (C=O) groups excluding carboxylic acids is 2. The summed E-state index contributed by atoms with van der Waals surface area (Å²) in [6, 6.07) is 5.26. The lowest BCUT2D eigenvalue weighted by molar-refractivity contribution is -0.139. The van der Waals surface area contributed by atoms with Crippen LogP contribution in [0, 0.1) is 0 Å². The smallest absolute Gasteiger partial charge is 0.329 e. The Kier molecular flexibility index (Phi) is 5.16. The molecule has 1 aromatic carbocycles. The predicted octanol–water partition coefficient (Wildman–Crippen LogP) is 1.47. The monoisotopic (exact) mass is 309 g/mol. The van der Waals surface area contributed by atoms with Crippen LogP contribution >= 0.6 is 11.6 Å². The SMILES string of the molecule is CCOc1ccc(/C=N\NC(=O)C(=O)NC2CC2)cc1Cl. The molecular formula is C14H16ClN3O3. The van der Waals surface area contributed by atoms with Crippen molar-refractivity contribution in [3.05, 3.63) is 28.8 Å². The van der Waals surface area contributed by atoms with E-state index in [4.69, 9.17) is 16.3 Å². The maximum atomic E-state index is 11.4. The molecule has 2 amide bonds. The summed E-state index contributed by atoms with van der Waals surface area (Å²) in [5, 5.41) is 6.75. The van der Waals surface area contributed by atoms with E-state index in [1.165, 1.54) is 6.21 Å². The first-order valence-corrected chi connectivity index (χ1v) is 7.04. The Balaban J connectivity index is 1.87. The van der Waals surface area contributed by atoms with E-state index in [0.717, 1.165) is 12.8 Å². The molecule has 1 aliphatic carbocycles. The van der Waals surface area contributed by atoms with E-state index >= 15 is 0 Å². The maximum absolute atomic E-state index is 11.4. The van der Waals surface area contributed by atoms with Crippen LogP contribution in [0.2, 0.25) is 5.02 Å². The van der Waals surface area contributed by atoms with Crippen LogP contribution in [0.3, 0.4) is 0 Å². The summed E-state index contributed by atoms with van der Waals surface area (Å²) in [6.45, 7) is 2.40. The van der Waals surface area contributed by atoms with Gasteiger partial charge in [-0.15, -0.1) is 0 Å². The Morgan fingerprint density at radius 1 is 1.43 bits per heavy atom. The first kappa shape index (κ1) is 15.3. The van der Waals surface area contributed by atoms with E-state index in [0.29, 0.717) is 22.9 Å². The van der Waals surface area contributed by atoms with Crippen LogP contribution in [-0.4, -0.2) is 30.7 Å². The van der Waals surface area contributed by atoms with E-state index in [2.05, 4.69) is 15.8 Å². The number of hydrogen-bond acceptors (Lipinski definition) is 4. The fraction of sp³-hybridized carbons (Fsp3) is 0.357. The lowest BCUT2D eigenvalue weighted by Crippen LogP contribution is -2.38. The van der Waals surface area contributed by atoms with Gasteiger partial charge >= 0.3 is 11.8 Å². The van der Waals surface area contributed by atoms with Crippen LogP contribution in [0.5, 0.6) is 5.75 Å². The average Bonchev–Trinajstić information content (AvgIpc) is 3.25. The Bertz CT molecular complexity index is 571. The molecule has 0 aliphatic heterocycles. The molecule has 0 bridgehead atoms.